The van der Waals surface area contributed by atoms with Crippen molar-refractivity contribution in [2.45, 2.75) is 0 Å². The van der Waals surface area contributed by atoms with E-state index in [2.05, 4.69) is 9.71 Å². The summed E-state index contributed by atoms with van der Waals surface area (Å²) in [6, 6.07) is 12.3. The van der Waals surface area contributed by atoms with Gasteiger partial charge < -0.3 is 14.6 Å². The van der Waals surface area contributed by atoms with Gasteiger partial charge in [0, 0.05) is 5.56 Å². The first-order valence-corrected chi connectivity index (χ1v) is 7.18. The Labute approximate surface area is 143 Å². The lowest BCUT2D eigenvalue weighted by Crippen LogP contribution is -2.07. The minimum absolute atomic E-state index is 0.0826. The summed E-state index contributed by atoms with van der Waals surface area (Å²) in [6.45, 7) is 0. The van der Waals surface area contributed by atoms with Gasteiger partial charge in [-0.2, -0.15) is 0 Å². The van der Waals surface area contributed by atoms with Gasteiger partial charge in [-0.25, -0.2) is 9.59 Å². The fraction of sp³-hybridized carbons (Fsp3) is 0.111. The highest BCUT2D eigenvalue weighted by Gasteiger charge is 2.30. The van der Waals surface area contributed by atoms with Gasteiger partial charge in [-0.3, -0.25) is 0 Å². The van der Waals surface area contributed by atoms with Gasteiger partial charge in [-0.15, -0.1) is 0 Å². The van der Waals surface area contributed by atoms with E-state index in [4.69, 9.17) is 4.74 Å². The zero-order valence-electron chi connectivity index (χ0n) is 13.6. The summed E-state index contributed by atoms with van der Waals surface area (Å²) in [6.07, 6.45) is 0. The standard InChI is InChI=1S/C18H14N2O5/c1-24-17(22)13-9-5-3-7-11(13)15(20-19)16(21)12-8-4-6-10-14(12)18(23)25-2/h3-10H,1-2H3/p+1. The van der Waals surface area contributed by atoms with Crippen molar-refractivity contribution in [1.29, 1.82) is 5.39 Å². The van der Waals surface area contributed by atoms with Crippen LogP contribution in [0.3, 0.4) is 0 Å². The number of carbonyl (C=O) groups is 2. The summed E-state index contributed by atoms with van der Waals surface area (Å²) in [5, 5.41) is 20.0. The van der Waals surface area contributed by atoms with Crippen molar-refractivity contribution in [3.63, 3.8) is 0 Å². The Morgan fingerprint density at radius 3 is 1.68 bits per heavy atom. The third-order valence-electron chi connectivity index (χ3n) is 3.50. The highest BCUT2D eigenvalue weighted by Crippen LogP contribution is 2.30. The average Bonchev–Trinajstić information content (AvgIpc) is 2.67. The molecule has 0 aliphatic carbocycles. The third-order valence-corrected chi connectivity index (χ3v) is 3.50. The topological polar surface area (TPSA) is 101 Å². The average molecular weight is 339 g/mol. The fourth-order valence-corrected chi connectivity index (χ4v) is 2.31. The molecule has 7 heteroatoms. The van der Waals surface area contributed by atoms with Crippen LogP contribution in [0, 0.1) is 5.39 Å². The maximum atomic E-state index is 11.9. The molecule has 0 saturated carbocycles. The monoisotopic (exact) mass is 339 g/mol. The van der Waals surface area contributed by atoms with Gasteiger partial charge >= 0.3 is 17.6 Å². The number of methoxy groups -OCH3 is 2. The van der Waals surface area contributed by atoms with Crippen LogP contribution in [0.15, 0.2) is 48.5 Å². The summed E-state index contributed by atoms with van der Waals surface area (Å²) in [7, 11) is 2.43. The summed E-state index contributed by atoms with van der Waals surface area (Å²) in [5.74, 6) is -1.81. The molecule has 0 bridgehead atoms. The van der Waals surface area contributed by atoms with E-state index in [1.165, 1.54) is 38.5 Å². The first-order chi connectivity index (χ1) is 12.0. The maximum absolute atomic E-state index is 11.9. The van der Waals surface area contributed by atoms with Gasteiger partial charge in [-0.1, -0.05) is 30.3 Å². The van der Waals surface area contributed by atoms with E-state index in [-0.39, 0.29) is 28.0 Å². The van der Waals surface area contributed by atoms with Crippen molar-refractivity contribution in [3.8, 4) is 0 Å². The molecule has 1 N–H and O–H groups in total. The van der Waals surface area contributed by atoms with Crippen molar-refractivity contribution in [2.24, 2.45) is 0 Å². The highest BCUT2D eigenvalue weighted by atomic mass is 16.5. The van der Waals surface area contributed by atoms with Gasteiger partial charge in [0.2, 0.25) is 11.2 Å². The molecule has 25 heavy (non-hydrogen) atoms. The van der Waals surface area contributed by atoms with Crippen LogP contribution in [0.5, 0.6) is 0 Å². The molecular weight excluding hydrogens is 324 g/mol. The number of ether oxygens (including phenoxy) is 2. The Kier molecular flexibility index (Phi) is 5.48. The van der Waals surface area contributed by atoms with Gasteiger partial charge in [0.05, 0.1) is 30.9 Å². The van der Waals surface area contributed by atoms with Crippen molar-refractivity contribution < 1.29 is 24.2 Å². The van der Waals surface area contributed by atoms with E-state index in [1.807, 2.05) is 0 Å². The van der Waals surface area contributed by atoms with Gasteiger partial charge in [0.25, 0.3) is 0 Å². The number of aliphatic hydroxyl groups is 1. The van der Waals surface area contributed by atoms with E-state index in [9.17, 15) is 20.1 Å². The molecule has 0 fully saturated rings. The SMILES string of the molecule is COC(=O)c1ccccc1/C(O)=C(\[N+]#N)c1ccccc1C(=O)OC. The quantitative estimate of drug-likeness (QED) is 0.396. The molecule has 2 rings (SSSR count). The second-order valence-corrected chi connectivity index (χ2v) is 4.87. The number of benzene rings is 2. The zero-order valence-corrected chi connectivity index (χ0v) is 13.6. The van der Waals surface area contributed by atoms with Crippen molar-refractivity contribution in [2.75, 3.05) is 14.2 Å². The van der Waals surface area contributed by atoms with E-state index < -0.39 is 17.7 Å². The van der Waals surface area contributed by atoms with E-state index in [0.717, 1.165) is 0 Å². The van der Waals surface area contributed by atoms with Crippen LogP contribution in [0.25, 0.3) is 16.4 Å². The molecule has 0 heterocycles. The van der Waals surface area contributed by atoms with Crippen LogP contribution in [-0.2, 0) is 9.47 Å². The first-order valence-electron chi connectivity index (χ1n) is 7.18. The van der Waals surface area contributed by atoms with E-state index >= 15 is 0 Å². The molecule has 0 atom stereocenters. The first kappa shape index (κ1) is 17.7. The summed E-state index contributed by atoms with van der Waals surface area (Å²) >= 11 is 0. The predicted octanol–water partition coefficient (Wildman–Crippen LogP) is 3.50. The van der Waals surface area contributed by atoms with Crippen molar-refractivity contribution >= 4 is 23.4 Å². The van der Waals surface area contributed by atoms with E-state index in [1.54, 1.807) is 24.3 Å². The number of aliphatic hydroxyl groups excluding tert-OH is 1. The number of nitrogens with zero attached hydrogens (tertiary/aromatic N) is 2. The summed E-state index contributed by atoms with van der Waals surface area (Å²) in [5.41, 5.74) is 0.146. The second kappa shape index (κ2) is 7.75. The smallest absolute Gasteiger partial charge is 0.434 e. The van der Waals surface area contributed by atoms with Crippen LogP contribution in [0.2, 0.25) is 0 Å². The Morgan fingerprint density at radius 2 is 1.24 bits per heavy atom. The van der Waals surface area contributed by atoms with Crippen LogP contribution in [-0.4, -0.2) is 31.3 Å². The summed E-state index contributed by atoms with van der Waals surface area (Å²) < 4.78 is 9.38. The molecule has 0 saturated heterocycles. The van der Waals surface area contributed by atoms with Crippen LogP contribution in [0.4, 0.5) is 0 Å². The minimum atomic E-state index is -0.666. The summed E-state index contributed by atoms with van der Waals surface area (Å²) in [4.78, 5) is 26.9. The largest absolute Gasteiger partial charge is 0.501 e. The van der Waals surface area contributed by atoms with Crippen LogP contribution >= 0.6 is 0 Å². The van der Waals surface area contributed by atoms with Gasteiger partial charge in [0.15, 0.2) is 4.98 Å². The molecule has 0 aliphatic heterocycles. The predicted molar refractivity (Wildman–Crippen MR) is 90.1 cm³/mol. The molecule has 0 radical (unpaired) electrons. The number of hydrogen-bond donors (Lipinski definition) is 1. The number of carbonyl (C=O) groups excluding carboxylic acids is 2. The molecule has 2 aromatic rings. The fourth-order valence-electron chi connectivity index (χ4n) is 2.31. The lowest BCUT2D eigenvalue weighted by Gasteiger charge is -2.06. The van der Waals surface area contributed by atoms with Gasteiger partial charge in [-0.05, 0) is 18.2 Å². The molecule has 0 aliphatic rings. The van der Waals surface area contributed by atoms with Crippen LogP contribution in [0.1, 0.15) is 31.8 Å². The lowest BCUT2D eigenvalue weighted by molar-refractivity contribution is 0.0591. The Balaban J connectivity index is 2.72. The molecule has 0 aromatic heterocycles. The lowest BCUT2D eigenvalue weighted by atomic mass is 9.99. The number of esters is 2. The number of hydrogen-bond acceptors (Lipinski definition) is 6. The van der Waals surface area contributed by atoms with Gasteiger partial charge in [0.1, 0.15) is 0 Å². The molecule has 0 spiro atoms. The molecule has 7 nitrogen and oxygen atoms in total. The third kappa shape index (κ3) is 3.48. The van der Waals surface area contributed by atoms with Crippen molar-refractivity contribution in [3.05, 3.63) is 75.8 Å². The number of diazo groups is 1. The zero-order chi connectivity index (χ0) is 18.4. The highest BCUT2D eigenvalue weighted by molar-refractivity contribution is 6.03. The second-order valence-electron chi connectivity index (χ2n) is 4.87. The van der Waals surface area contributed by atoms with Crippen LogP contribution < -0.4 is 0 Å². The Bertz CT molecular complexity index is 896. The molecule has 0 amide bonds. The maximum Gasteiger partial charge on any atom is 0.434 e. The molecule has 2 aromatic carbocycles. The molecule has 126 valence electrons. The number of rotatable bonds is 4. The van der Waals surface area contributed by atoms with E-state index in [0.29, 0.717) is 0 Å². The minimum Gasteiger partial charge on any atom is -0.501 e. The Hall–Kier alpha value is -3.66. The Morgan fingerprint density at radius 1 is 0.840 bits per heavy atom. The molecule has 0 unspecified atom stereocenters. The normalized spacial score (nSPS) is 11.1. The molecular formula is C18H15N2O5+. The van der Waals surface area contributed by atoms with Crippen molar-refractivity contribution in [1.82, 2.24) is 0 Å².